The molecule has 1 aromatic carbocycles. The number of amides is 1. The van der Waals surface area contributed by atoms with Crippen LogP contribution in [0.2, 0.25) is 0 Å². The normalized spacial score (nSPS) is 29.6. The smallest absolute Gasteiger partial charge is 0.410 e. The number of nitrogens with zero attached hydrogens (tertiary/aromatic N) is 1. The van der Waals surface area contributed by atoms with Gasteiger partial charge in [-0.15, -0.1) is 0 Å². The van der Waals surface area contributed by atoms with Crippen molar-refractivity contribution in [3.8, 4) is 0 Å². The molecule has 1 aliphatic carbocycles. The highest BCUT2D eigenvalue weighted by Gasteiger charge is 2.48. The molecule has 18 heavy (non-hydrogen) atoms. The average Bonchev–Trinajstić information content (AvgIpc) is 3.17. The first kappa shape index (κ1) is 11.5. The number of β-amino-alcohol motifs (C(OH)–C–C–N with tert-alkyl or cyclic N) is 1. The summed E-state index contributed by atoms with van der Waals surface area (Å²) in [6.45, 7) is 1.44. The molecule has 3 atom stereocenters. The molecule has 0 aromatic heterocycles. The van der Waals surface area contributed by atoms with Crippen molar-refractivity contribution in [3.63, 3.8) is 0 Å². The van der Waals surface area contributed by atoms with Crippen molar-refractivity contribution in [3.05, 3.63) is 35.9 Å². The summed E-state index contributed by atoms with van der Waals surface area (Å²) < 4.78 is 5.26. The summed E-state index contributed by atoms with van der Waals surface area (Å²) in [5.41, 5.74) is 0.979. The molecular weight excluding hydrogens is 230 g/mol. The van der Waals surface area contributed by atoms with E-state index in [1.165, 1.54) is 0 Å². The minimum atomic E-state index is -0.368. The number of hydrogen-bond donors (Lipinski definition) is 1. The predicted octanol–water partition coefficient (Wildman–Crippen LogP) is 1.64. The first-order valence-electron chi connectivity index (χ1n) is 6.38. The third-order valence-electron chi connectivity index (χ3n) is 3.80. The zero-order valence-electron chi connectivity index (χ0n) is 10.2. The fourth-order valence-corrected chi connectivity index (χ4v) is 2.63. The third-order valence-corrected chi connectivity index (χ3v) is 3.80. The van der Waals surface area contributed by atoms with Gasteiger partial charge in [0, 0.05) is 6.54 Å². The van der Waals surface area contributed by atoms with E-state index in [9.17, 15) is 9.90 Å². The molecule has 0 unspecified atom stereocenters. The highest BCUT2D eigenvalue weighted by molar-refractivity contribution is 5.68. The molecule has 0 radical (unpaired) electrons. The number of rotatable bonds is 2. The Balaban J connectivity index is 1.52. The van der Waals surface area contributed by atoms with Gasteiger partial charge in [0.1, 0.15) is 6.61 Å². The molecule has 1 saturated heterocycles. The van der Waals surface area contributed by atoms with Crippen molar-refractivity contribution in [1.82, 2.24) is 4.90 Å². The Kier molecular flexibility index (Phi) is 2.96. The number of fused-ring (bicyclic) bond motifs is 1. The molecule has 4 heteroatoms. The fourth-order valence-electron chi connectivity index (χ4n) is 2.63. The van der Waals surface area contributed by atoms with Crippen LogP contribution in [0.5, 0.6) is 0 Å². The van der Waals surface area contributed by atoms with E-state index in [0.29, 0.717) is 25.0 Å². The number of aliphatic hydroxyl groups excluding tert-OH is 1. The number of hydrogen-bond acceptors (Lipinski definition) is 3. The second-order valence-electron chi connectivity index (χ2n) is 5.17. The van der Waals surface area contributed by atoms with Crippen LogP contribution in [0.1, 0.15) is 12.0 Å². The molecule has 2 fully saturated rings. The quantitative estimate of drug-likeness (QED) is 0.864. The van der Waals surface area contributed by atoms with Crippen LogP contribution >= 0.6 is 0 Å². The molecule has 0 bridgehead atoms. The van der Waals surface area contributed by atoms with Crippen LogP contribution in [0.4, 0.5) is 4.79 Å². The van der Waals surface area contributed by atoms with Crippen molar-refractivity contribution in [2.45, 2.75) is 19.1 Å². The Hall–Kier alpha value is -1.55. The molecule has 1 saturated carbocycles. The number of aliphatic hydroxyl groups is 1. The number of piperidine rings is 1. The summed E-state index contributed by atoms with van der Waals surface area (Å²) in [4.78, 5) is 13.5. The molecule has 3 rings (SSSR count). The van der Waals surface area contributed by atoms with Gasteiger partial charge in [-0.3, -0.25) is 0 Å². The highest BCUT2D eigenvalue weighted by atomic mass is 16.6. The van der Waals surface area contributed by atoms with Crippen LogP contribution in [-0.2, 0) is 11.3 Å². The van der Waals surface area contributed by atoms with Gasteiger partial charge in [0.2, 0.25) is 0 Å². The monoisotopic (exact) mass is 247 g/mol. The highest BCUT2D eigenvalue weighted by Crippen LogP contribution is 2.45. The first-order chi connectivity index (χ1) is 8.74. The van der Waals surface area contributed by atoms with Crippen molar-refractivity contribution >= 4 is 6.09 Å². The van der Waals surface area contributed by atoms with Crippen LogP contribution in [0.3, 0.4) is 0 Å². The Morgan fingerprint density at radius 1 is 1.33 bits per heavy atom. The van der Waals surface area contributed by atoms with E-state index >= 15 is 0 Å². The van der Waals surface area contributed by atoms with Gasteiger partial charge < -0.3 is 14.7 Å². The average molecular weight is 247 g/mol. The molecule has 96 valence electrons. The number of likely N-dealkylation sites (tertiary alicyclic amines) is 1. The first-order valence-corrected chi connectivity index (χ1v) is 6.38. The van der Waals surface area contributed by atoms with Crippen molar-refractivity contribution < 1.29 is 14.6 Å². The van der Waals surface area contributed by atoms with E-state index < -0.39 is 0 Å². The van der Waals surface area contributed by atoms with Crippen molar-refractivity contribution in [2.75, 3.05) is 13.1 Å². The molecule has 2 aliphatic rings. The summed E-state index contributed by atoms with van der Waals surface area (Å²) in [5, 5.41) is 9.77. The largest absolute Gasteiger partial charge is 0.445 e. The summed E-state index contributed by atoms with van der Waals surface area (Å²) >= 11 is 0. The van der Waals surface area contributed by atoms with Gasteiger partial charge in [-0.05, 0) is 23.8 Å². The second kappa shape index (κ2) is 4.61. The molecule has 1 heterocycles. The van der Waals surface area contributed by atoms with Gasteiger partial charge in [0.05, 0.1) is 12.6 Å². The minimum Gasteiger partial charge on any atom is -0.445 e. The lowest BCUT2D eigenvalue weighted by atomic mass is 10.1. The van der Waals surface area contributed by atoms with E-state index in [1.54, 1.807) is 4.90 Å². The third kappa shape index (κ3) is 2.34. The van der Waals surface area contributed by atoms with Gasteiger partial charge in [-0.2, -0.15) is 0 Å². The number of benzene rings is 1. The summed E-state index contributed by atoms with van der Waals surface area (Å²) in [6, 6.07) is 9.62. The number of carbonyl (C=O) groups excluding carboxylic acids is 1. The van der Waals surface area contributed by atoms with E-state index in [2.05, 4.69) is 0 Å². The molecule has 1 amide bonds. The SMILES string of the molecule is O=C(OCc1ccccc1)N1C[C@@H]2C[C@@H]2[C@H](O)C1. The number of carbonyl (C=O) groups is 1. The van der Waals surface area contributed by atoms with E-state index in [1.807, 2.05) is 30.3 Å². The Morgan fingerprint density at radius 3 is 2.83 bits per heavy atom. The zero-order valence-corrected chi connectivity index (χ0v) is 10.2. The van der Waals surface area contributed by atoms with Crippen molar-refractivity contribution in [1.29, 1.82) is 0 Å². The van der Waals surface area contributed by atoms with E-state index in [-0.39, 0.29) is 12.2 Å². The summed E-state index contributed by atoms with van der Waals surface area (Å²) in [5.74, 6) is 0.904. The van der Waals surface area contributed by atoms with Crippen molar-refractivity contribution in [2.24, 2.45) is 11.8 Å². The maximum absolute atomic E-state index is 11.9. The summed E-state index contributed by atoms with van der Waals surface area (Å²) in [7, 11) is 0. The zero-order chi connectivity index (χ0) is 12.5. The lowest BCUT2D eigenvalue weighted by molar-refractivity contribution is 0.0404. The molecular formula is C14H17NO3. The maximum Gasteiger partial charge on any atom is 0.410 e. The van der Waals surface area contributed by atoms with Gasteiger partial charge in [-0.25, -0.2) is 4.79 Å². The van der Waals surface area contributed by atoms with E-state index in [0.717, 1.165) is 18.5 Å². The lowest BCUT2D eigenvalue weighted by Crippen LogP contribution is -2.43. The van der Waals surface area contributed by atoms with Gasteiger partial charge in [-0.1, -0.05) is 30.3 Å². The molecule has 1 aliphatic heterocycles. The van der Waals surface area contributed by atoms with Crippen LogP contribution in [-0.4, -0.2) is 35.3 Å². The molecule has 1 N–H and O–H groups in total. The predicted molar refractivity (Wildman–Crippen MR) is 65.8 cm³/mol. The Labute approximate surface area is 106 Å². The molecule has 4 nitrogen and oxygen atoms in total. The second-order valence-corrected chi connectivity index (χ2v) is 5.17. The fraction of sp³-hybridized carbons (Fsp3) is 0.500. The summed E-state index contributed by atoms with van der Waals surface area (Å²) in [6.07, 6.45) is 0.361. The van der Waals surface area contributed by atoms with E-state index in [4.69, 9.17) is 4.74 Å². The number of ether oxygens (including phenoxy) is 1. The topological polar surface area (TPSA) is 49.8 Å². The van der Waals surface area contributed by atoms with Crippen LogP contribution in [0.15, 0.2) is 30.3 Å². The Morgan fingerprint density at radius 2 is 2.11 bits per heavy atom. The van der Waals surface area contributed by atoms with Crippen LogP contribution < -0.4 is 0 Å². The van der Waals surface area contributed by atoms with Crippen LogP contribution in [0.25, 0.3) is 0 Å². The molecule has 1 aromatic rings. The van der Waals surface area contributed by atoms with Crippen LogP contribution in [0, 0.1) is 11.8 Å². The molecule has 0 spiro atoms. The standard InChI is InChI=1S/C14H17NO3/c16-13-8-15(7-11-6-12(11)13)14(17)18-9-10-4-2-1-3-5-10/h1-5,11-13,16H,6-9H2/t11-,12-,13+/m0/s1. The minimum absolute atomic E-state index is 0.292. The van der Waals surface area contributed by atoms with Gasteiger partial charge >= 0.3 is 6.09 Å². The lowest BCUT2D eigenvalue weighted by Gasteiger charge is -2.28. The maximum atomic E-state index is 11.9. The van der Waals surface area contributed by atoms with Gasteiger partial charge in [0.15, 0.2) is 0 Å². The Bertz CT molecular complexity index is 434. The van der Waals surface area contributed by atoms with Gasteiger partial charge in [0.25, 0.3) is 0 Å².